The Morgan fingerprint density at radius 1 is 1.71 bits per heavy atom. The van der Waals surface area contributed by atoms with Crippen molar-refractivity contribution in [1.82, 2.24) is 0 Å². The van der Waals surface area contributed by atoms with Crippen molar-refractivity contribution >= 4 is 21.6 Å². The van der Waals surface area contributed by atoms with Crippen LogP contribution >= 0.6 is 21.6 Å². The van der Waals surface area contributed by atoms with Gasteiger partial charge in [0.25, 0.3) is 0 Å². The minimum Gasteiger partial charge on any atom is -0.240 e. The van der Waals surface area contributed by atoms with Crippen LogP contribution in [-0.2, 0) is 0 Å². The van der Waals surface area contributed by atoms with Crippen LogP contribution in [0.5, 0.6) is 0 Å². The van der Waals surface area contributed by atoms with Crippen LogP contribution in [0.1, 0.15) is 0 Å². The molecule has 0 aromatic rings. The first-order valence-corrected chi connectivity index (χ1v) is 4.07. The molecule has 0 fully saturated rings. The van der Waals surface area contributed by atoms with Gasteiger partial charge in [-0.1, -0.05) is 0 Å². The van der Waals surface area contributed by atoms with Gasteiger partial charge in [-0.2, -0.15) is 21.8 Å². The zero-order chi connectivity index (χ0) is 4.41. The van der Waals surface area contributed by atoms with Gasteiger partial charge in [0, 0.05) is 0 Å². The second-order valence-corrected chi connectivity index (χ2v) is 3.37. The van der Waals surface area contributed by atoms with Crippen molar-refractivity contribution in [2.75, 3.05) is 5.75 Å². The molecule has 34 valence electrons. The molecule has 0 aromatic carbocycles. The van der Waals surface area contributed by atoms with Gasteiger partial charge < -0.3 is 0 Å². The van der Waals surface area contributed by atoms with Gasteiger partial charge in [-0.15, -0.1) is 10.8 Å². The molecule has 0 unspecified atom stereocenters. The van der Waals surface area contributed by atoms with Crippen molar-refractivity contribution in [3.8, 4) is 0 Å². The fourth-order valence-corrected chi connectivity index (χ4v) is 2.21. The third-order valence-corrected chi connectivity index (χ3v) is 2.63. The Balaban J connectivity index is 0.000000360. The van der Waals surface area contributed by atoms with Crippen LogP contribution in [0.3, 0.4) is 0 Å². The van der Waals surface area contributed by atoms with Gasteiger partial charge in [-0.3, -0.25) is 0 Å². The first kappa shape index (κ1) is 8.31. The molecule has 0 spiro atoms. The van der Waals surface area contributed by atoms with Crippen LogP contribution in [0, 0.1) is 6.92 Å². The van der Waals surface area contributed by atoms with Gasteiger partial charge >= 0.3 is 29.6 Å². The molecule has 0 saturated heterocycles. The summed E-state index contributed by atoms with van der Waals surface area (Å²) in [4.78, 5) is 0. The average Bonchev–Trinajstić information content (AvgIpc) is 1.86. The normalized spacial score (nSPS) is 18.0. The summed E-state index contributed by atoms with van der Waals surface area (Å²) in [6.45, 7) is 3.76. The van der Waals surface area contributed by atoms with Gasteiger partial charge in [-0.05, 0) is 5.75 Å². The maximum Gasteiger partial charge on any atom is 1.00 e. The van der Waals surface area contributed by atoms with Crippen molar-refractivity contribution in [2.45, 2.75) is 0 Å². The summed E-state index contributed by atoms with van der Waals surface area (Å²) in [5, 5.41) is 2.09. The molecule has 7 heavy (non-hydrogen) atoms. The minimum absolute atomic E-state index is 0. The fraction of sp³-hybridized carbons (Fsp3) is 0.250. The van der Waals surface area contributed by atoms with Gasteiger partial charge in [-0.25, -0.2) is 6.92 Å². The van der Waals surface area contributed by atoms with Crippen molar-refractivity contribution in [3.63, 3.8) is 0 Å². The Labute approximate surface area is 74.2 Å². The Bertz CT molecular complexity index is 79.8. The van der Waals surface area contributed by atoms with Crippen molar-refractivity contribution in [1.29, 1.82) is 0 Å². The van der Waals surface area contributed by atoms with Crippen LogP contribution in [0.2, 0.25) is 0 Å². The fourth-order valence-electron chi connectivity index (χ4n) is 0.246. The van der Waals surface area contributed by atoms with E-state index >= 15 is 0 Å². The van der Waals surface area contributed by atoms with E-state index in [1.54, 1.807) is 10.8 Å². The number of hydrogen-bond acceptors (Lipinski definition) is 2. The van der Waals surface area contributed by atoms with E-state index in [1.807, 2.05) is 10.8 Å². The maximum absolute atomic E-state index is 3.76. The third kappa shape index (κ3) is 2.98. The van der Waals surface area contributed by atoms with Gasteiger partial charge in [0.05, 0.1) is 0 Å². The Kier molecular flexibility index (Phi) is 5.00. The van der Waals surface area contributed by atoms with Crippen LogP contribution in [0.15, 0.2) is 11.0 Å². The smallest absolute Gasteiger partial charge is 0.240 e. The summed E-state index contributed by atoms with van der Waals surface area (Å²) in [6, 6.07) is 0. The Morgan fingerprint density at radius 3 is 2.57 bits per heavy atom. The van der Waals surface area contributed by atoms with E-state index in [0.29, 0.717) is 0 Å². The van der Waals surface area contributed by atoms with E-state index in [0.717, 1.165) is 5.75 Å². The zero-order valence-electron chi connectivity index (χ0n) is 4.31. The molecule has 1 rings (SSSR count). The Morgan fingerprint density at radius 2 is 2.43 bits per heavy atom. The molecule has 0 N–H and O–H groups in total. The quantitative estimate of drug-likeness (QED) is 0.243. The molecular formula is C4H5NaS2. The molecule has 0 aliphatic carbocycles. The van der Waals surface area contributed by atoms with Crippen LogP contribution in [-0.4, -0.2) is 5.75 Å². The largest absolute Gasteiger partial charge is 1.00 e. The predicted octanol–water partition coefficient (Wildman–Crippen LogP) is -0.897. The van der Waals surface area contributed by atoms with E-state index in [1.165, 1.54) is 5.57 Å². The third-order valence-electron chi connectivity index (χ3n) is 0.527. The topological polar surface area (TPSA) is 0 Å². The van der Waals surface area contributed by atoms with E-state index < -0.39 is 0 Å². The van der Waals surface area contributed by atoms with Crippen molar-refractivity contribution in [2.24, 2.45) is 0 Å². The van der Waals surface area contributed by atoms with Gasteiger partial charge in [0.2, 0.25) is 0 Å². The molecule has 0 nitrogen and oxygen atoms in total. The second-order valence-electron chi connectivity index (χ2n) is 1.13. The summed E-state index contributed by atoms with van der Waals surface area (Å²) in [6.07, 6.45) is 0. The van der Waals surface area contributed by atoms with Crippen LogP contribution in [0.4, 0.5) is 0 Å². The second kappa shape index (κ2) is 4.21. The zero-order valence-corrected chi connectivity index (χ0v) is 7.94. The van der Waals surface area contributed by atoms with E-state index in [2.05, 4.69) is 12.3 Å². The van der Waals surface area contributed by atoms with Crippen LogP contribution in [0.25, 0.3) is 0 Å². The average molecular weight is 140 g/mol. The van der Waals surface area contributed by atoms with Crippen molar-refractivity contribution in [3.05, 3.63) is 17.9 Å². The minimum atomic E-state index is 0. The number of rotatable bonds is 0. The SMILES string of the molecule is [CH2-]C1=CSSC1.[Na+]. The molecule has 0 amide bonds. The molecule has 0 aromatic heterocycles. The summed E-state index contributed by atoms with van der Waals surface area (Å²) < 4.78 is 0. The number of hydrogen-bond donors (Lipinski definition) is 0. The first-order chi connectivity index (χ1) is 2.89. The summed E-state index contributed by atoms with van der Waals surface area (Å²) in [7, 11) is 3.62. The van der Waals surface area contributed by atoms with E-state index in [-0.39, 0.29) is 29.6 Å². The molecule has 1 heterocycles. The van der Waals surface area contributed by atoms with Gasteiger partial charge in [0.15, 0.2) is 0 Å². The standard InChI is InChI=1S/C4H5S2.Na/c1-4-2-5-6-3-4;/h2H,1,3H2;/q-1;+1. The molecule has 0 saturated carbocycles. The van der Waals surface area contributed by atoms with E-state index in [9.17, 15) is 0 Å². The predicted molar refractivity (Wildman–Crippen MR) is 33.5 cm³/mol. The molecule has 1 aliphatic rings. The summed E-state index contributed by atoms with van der Waals surface area (Å²) >= 11 is 0. The van der Waals surface area contributed by atoms with Gasteiger partial charge in [0.1, 0.15) is 0 Å². The molecule has 0 bridgehead atoms. The van der Waals surface area contributed by atoms with E-state index in [4.69, 9.17) is 0 Å². The monoisotopic (exact) mass is 140 g/mol. The van der Waals surface area contributed by atoms with Crippen molar-refractivity contribution < 1.29 is 29.6 Å². The Hall–Kier alpha value is 1.31. The molecule has 3 heteroatoms. The molecule has 0 radical (unpaired) electrons. The summed E-state index contributed by atoms with van der Waals surface area (Å²) in [5.41, 5.74) is 1.25. The molecule has 1 aliphatic heterocycles. The summed E-state index contributed by atoms with van der Waals surface area (Å²) in [5.74, 6) is 1.12. The first-order valence-electron chi connectivity index (χ1n) is 1.69. The van der Waals surface area contributed by atoms with Crippen LogP contribution < -0.4 is 29.6 Å². The maximum atomic E-state index is 3.76. The molecule has 0 atom stereocenters. The molecular weight excluding hydrogens is 135 g/mol.